The van der Waals surface area contributed by atoms with Gasteiger partial charge in [-0.1, -0.05) is 37.6 Å². The Kier molecular flexibility index (Phi) is 4.37. The maximum Gasteiger partial charge on any atom is 0.222 e. The van der Waals surface area contributed by atoms with Gasteiger partial charge in [0.1, 0.15) is 0 Å². The van der Waals surface area contributed by atoms with Gasteiger partial charge < -0.3 is 11.1 Å². The number of amides is 1. The summed E-state index contributed by atoms with van der Waals surface area (Å²) in [4.78, 5) is 11.9. The summed E-state index contributed by atoms with van der Waals surface area (Å²) in [5, 5.41) is 3.11. The minimum atomic E-state index is -0.00773. The molecule has 18 heavy (non-hydrogen) atoms. The lowest BCUT2D eigenvalue weighted by atomic mass is 10.1. The van der Waals surface area contributed by atoms with E-state index in [2.05, 4.69) is 30.4 Å². The molecular weight excluding hydrogens is 224 g/mol. The predicted octanol–water partition coefficient (Wildman–Crippen LogP) is 2.31. The van der Waals surface area contributed by atoms with Gasteiger partial charge in [-0.15, -0.1) is 0 Å². The van der Waals surface area contributed by atoms with Gasteiger partial charge in [0.25, 0.3) is 0 Å². The van der Waals surface area contributed by atoms with E-state index >= 15 is 0 Å². The second-order valence-corrected chi connectivity index (χ2v) is 5.11. The molecule has 0 radical (unpaired) electrons. The largest absolute Gasteiger partial charge is 0.349 e. The van der Waals surface area contributed by atoms with E-state index in [1.165, 1.54) is 11.1 Å². The smallest absolute Gasteiger partial charge is 0.222 e. The lowest BCUT2D eigenvalue weighted by Gasteiger charge is -2.16. The van der Waals surface area contributed by atoms with Crippen LogP contribution in [0.25, 0.3) is 0 Å². The summed E-state index contributed by atoms with van der Waals surface area (Å²) in [6.45, 7) is 2.09. The number of nitrogens with two attached hydrogens (primary N) is 1. The average molecular weight is 246 g/mol. The van der Waals surface area contributed by atoms with Crippen molar-refractivity contribution < 1.29 is 4.79 Å². The number of hydrogen-bond acceptors (Lipinski definition) is 2. The molecule has 0 fully saturated rings. The van der Waals surface area contributed by atoms with Crippen LogP contribution in [-0.4, -0.2) is 11.9 Å². The molecule has 0 saturated heterocycles. The van der Waals surface area contributed by atoms with Gasteiger partial charge in [-0.05, 0) is 30.4 Å². The zero-order valence-corrected chi connectivity index (χ0v) is 11.0. The highest BCUT2D eigenvalue weighted by molar-refractivity contribution is 5.77. The van der Waals surface area contributed by atoms with Crippen LogP contribution in [-0.2, 0) is 11.2 Å². The standard InChI is InChI=1S/C15H22N2O/c1-2-5-12(16)10-15(18)17-14-9-8-11-6-3-4-7-13(11)14/h3-4,6-7,12,14H,2,5,8-10,16H2,1H3,(H,17,18). The maximum atomic E-state index is 11.9. The first-order valence-electron chi connectivity index (χ1n) is 6.83. The van der Waals surface area contributed by atoms with E-state index in [1.807, 2.05) is 6.07 Å². The highest BCUT2D eigenvalue weighted by atomic mass is 16.1. The van der Waals surface area contributed by atoms with Crippen molar-refractivity contribution in [1.82, 2.24) is 5.32 Å². The Labute approximate surface area is 109 Å². The van der Waals surface area contributed by atoms with Gasteiger partial charge in [0.2, 0.25) is 5.91 Å². The topological polar surface area (TPSA) is 55.1 Å². The Bertz CT molecular complexity index is 417. The van der Waals surface area contributed by atoms with Gasteiger partial charge in [-0.25, -0.2) is 0 Å². The zero-order chi connectivity index (χ0) is 13.0. The second kappa shape index (κ2) is 6.01. The molecule has 0 bridgehead atoms. The van der Waals surface area contributed by atoms with Crippen LogP contribution < -0.4 is 11.1 Å². The summed E-state index contributed by atoms with van der Waals surface area (Å²) < 4.78 is 0. The third-order valence-corrected chi connectivity index (χ3v) is 3.58. The van der Waals surface area contributed by atoms with E-state index in [0.717, 1.165) is 25.7 Å². The molecule has 3 nitrogen and oxygen atoms in total. The molecule has 1 aliphatic rings. The van der Waals surface area contributed by atoms with Crippen LogP contribution in [0.4, 0.5) is 0 Å². The third kappa shape index (κ3) is 3.10. The minimum Gasteiger partial charge on any atom is -0.349 e. The van der Waals surface area contributed by atoms with Crippen LogP contribution in [0.15, 0.2) is 24.3 Å². The normalized spacial score (nSPS) is 19.3. The molecule has 0 aliphatic heterocycles. The molecule has 0 saturated carbocycles. The van der Waals surface area contributed by atoms with Crippen molar-refractivity contribution in [3.05, 3.63) is 35.4 Å². The summed E-state index contributed by atoms with van der Waals surface area (Å²) in [6.07, 6.45) is 4.44. The van der Waals surface area contributed by atoms with Crippen LogP contribution >= 0.6 is 0 Å². The molecular formula is C15H22N2O. The van der Waals surface area contributed by atoms with E-state index in [4.69, 9.17) is 5.73 Å². The number of hydrogen-bond donors (Lipinski definition) is 2. The molecule has 98 valence electrons. The van der Waals surface area contributed by atoms with E-state index in [1.54, 1.807) is 0 Å². The van der Waals surface area contributed by atoms with Gasteiger partial charge in [0.05, 0.1) is 6.04 Å². The van der Waals surface area contributed by atoms with Crippen molar-refractivity contribution in [3.63, 3.8) is 0 Å². The molecule has 1 amide bonds. The van der Waals surface area contributed by atoms with Crippen molar-refractivity contribution in [1.29, 1.82) is 0 Å². The zero-order valence-electron chi connectivity index (χ0n) is 11.0. The first-order chi connectivity index (χ1) is 8.70. The molecule has 2 atom stereocenters. The number of rotatable bonds is 5. The van der Waals surface area contributed by atoms with Gasteiger partial charge >= 0.3 is 0 Å². The number of fused-ring (bicyclic) bond motifs is 1. The van der Waals surface area contributed by atoms with E-state index in [9.17, 15) is 4.79 Å². The highest BCUT2D eigenvalue weighted by Crippen LogP contribution is 2.30. The highest BCUT2D eigenvalue weighted by Gasteiger charge is 2.23. The summed E-state index contributed by atoms with van der Waals surface area (Å²) >= 11 is 0. The van der Waals surface area contributed by atoms with Crippen molar-refractivity contribution in [2.75, 3.05) is 0 Å². The van der Waals surface area contributed by atoms with Crippen LogP contribution in [0.1, 0.15) is 49.8 Å². The average Bonchev–Trinajstić information content (AvgIpc) is 2.73. The fourth-order valence-corrected chi connectivity index (χ4v) is 2.67. The van der Waals surface area contributed by atoms with E-state index < -0.39 is 0 Å². The van der Waals surface area contributed by atoms with Crippen LogP contribution in [0, 0.1) is 0 Å². The fraction of sp³-hybridized carbons (Fsp3) is 0.533. The molecule has 3 heteroatoms. The number of nitrogens with one attached hydrogen (secondary N) is 1. The van der Waals surface area contributed by atoms with Crippen LogP contribution in [0.2, 0.25) is 0 Å². The molecule has 0 heterocycles. The monoisotopic (exact) mass is 246 g/mol. The first kappa shape index (κ1) is 13.1. The van der Waals surface area contributed by atoms with Crippen molar-refractivity contribution in [3.8, 4) is 0 Å². The van der Waals surface area contributed by atoms with E-state index in [0.29, 0.717) is 6.42 Å². The fourth-order valence-electron chi connectivity index (χ4n) is 2.67. The lowest BCUT2D eigenvalue weighted by Crippen LogP contribution is -2.33. The SMILES string of the molecule is CCCC(N)CC(=O)NC1CCc2ccccc21. The van der Waals surface area contributed by atoms with Crippen molar-refractivity contribution in [2.45, 2.75) is 51.1 Å². The Balaban J connectivity index is 1.89. The Morgan fingerprint density at radius 2 is 2.28 bits per heavy atom. The maximum absolute atomic E-state index is 11.9. The van der Waals surface area contributed by atoms with E-state index in [-0.39, 0.29) is 18.0 Å². The lowest BCUT2D eigenvalue weighted by molar-refractivity contribution is -0.122. The Hall–Kier alpha value is -1.35. The van der Waals surface area contributed by atoms with Crippen molar-refractivity contribution in [2.24, 2.45) is 5.73 Å². The van der Waals surface area contributed by atoms with Crippen molar-refractivity contribution >= 4 is 5.91 Å². The molecule has 3 N–H and O–H groups in total. The van der Waals surface area contributed by atoms with Gasteiger partial charge in [0.15, 0.2) is 0 Å². The molecule has 1 aromatic rings. The molecule has 1 aromatic carbocycles. The summed E-state index contributed by atoms with van der Waals surface area (Å²) in [5.74, 6) is 0.0812. The molecule has 2 unspecified atom stereocenters. The Morgan fingerprint density at radius 3 is 3.06 bits per heavy atom. The first-order valence-corrected chi connectivity index (χ1v) is 6.83. The number of carbonyl (C=O) groups excluding carboxylic acids is 1. The molecule has 1 aliphatic carbocycles. The molecule has 0 spiro atoms. The second-order valence-electron chi connectivity index (χ2n) is 5.11. The number of aryl methyl sites for hydroxylation is 1. The minimum absolute atomic E-state index is 0.00773. The number of benzene rings is 1. The van der Waals surface area contributed by atoms with Gasteiger partial charge in [0, 0.05) is 12.5 Å². The predicted molar refractivity (Wildman–Crippen MR) is 73.1 cm³/mol. The summed E-state index contributed by atoms with van der Waals surface area (Å²) in [5.41, 5.74) is 8.53. The Morgan fingerprint density at radius 1 is 1.50 bits per heavy atom. The number of carbonyl (C=O) groups is 1. The summed E-state index contributed by atoms with van der Waals surface area (Å²) in [6, 6.07) is 8.52. The van der Waals surface area contributed by atoms with Crippen LogP contribution in [0.5, 0.6) is 0 Å². The van der Waals surface area contributed by atoms with Gasteiger partial charge in [-0.2, -0.15) is 0 Å². The van der Waals surface area contributed by atoms with Crippen LogP contribution in [0.3, 0.4) is 0 Å². The van der Waals surface area contributed by atoms with Gasteiger partial charge in [-0.3, -0.25) is 4.79 Å². The summed E-state index contributed by atoms with van der Waals surface area (Å²) in [7, 11) is 0. The third-order valence-electron chi connectivity index (χ3n) is 3.58. The molecule has 0 aromatic heterocycles. The quantitative estimate of drug-likeness (QED) is 0.837. The molecule has 2 rings (SSSR count).